The van der Waals surface area contributed by atoms with Gasteiger partial charge < -0.3 is 25.0 Å². The third-order valence-electron chi connectivity index (χ3n) is 5.54. The summed E-state index contributed by atoms with van der Waals surface area (Å²) in [5.74, 6) is -1.05. The van der Waals surface area contributed by atoms with E-state index >= 15 is 0 Å². The second kappa shape index (κ2) is 11.6. The van der Waals surface area contributed by atoms with Crippen LogP contribution in [0.4, 0.5) is 23.7 Å². The number of esters is 1. The summed E-state index contributed by atoms with van der Waals surface area (Å²) in [7, 11) is 1.44. The molecule has 37 heavy (non-hydrogen) atoms. The van der Waals surface area contributed by atoms with E-state index in [1.165, 1.54) is 37.5 Å². The Balaban J connectivity index is 1.88. The zero-order valence-electron chi connectivity index (χ0n) is 20.1. The van der Waals surface area contributed by atoms with Crippen molar-refractivity contribution < 1.29 is 32.6 Å². The Bertz CT molecular complexity index is 1340. The molecule has 196 valence electrons. The minimum absolute atomic E-state index is 0.0320. The first-order valence-corrected chi connectivity index (χ1v) is 11.3. The number of alkyl halides is 3. The molecule has 3 rings (SSSR count). The molecule has 11 heteroatoms. The van der Waals surface area contributed by atoms with E-state index in [1.54, 1.807) is 31.2 Å². The van der Waals surface area contributed by atoms with Gasteiger partial charge in [-0.05, 0) is 42.2 Å². The Labute approximate surface area is 210 Å². The van der Waals surface area contributed by atoms with Gasteiger partial charge >= 0.3 is 18.2 Å². The van der Waals surface area contributed by atoms with Crippen molar-refractivity contribution in [1.82, 2.24) is 9.88 Å². The van der Waals surface area contributed by atoms with E-state index in [9.17, 15) is 32.7 Å². The number of aromatic nitrogens is 1. The quantitative estimate of drug-likeness (QED) is 0.381. The smallest absolute Gasteiger partial charge is 0.416 e. The minimum Gasteiger partial charge on any atom is -0.505 e. The third-order valence-corrected chi connectivity index (χ3v) is 5.54. The summed E-state index contributed by atoms with van der Waals surface area (Å²) < 4.78 is 46.5. The Morgan fingerprint density at radius 2 is 1.84 bits per heavy atom. The van der Waals surface area contributed by atoms with Crippen LogP contribution in [0.3, 0.4) is 0 Å². The number of carbonyl (C=O) groups is 2. The predicted molar refractivity (Wildman–Crippen MR) is 130 cm³/mol. The first-order valence-electron chi connectivity index (χ1n) is 11.3. The number of hydrogen-bond donors (Lipinski definition) is 3. The van der Waals surface area contributed by atoms with Crippen LogP contribution in [0.2, 0.25) is 0 Å². The average Bonchev–Trinajstić information content (AvgIpc) is 2.84. The molecule has 0 saturated heterocycles. The van der Waals surface area contributed by atoms with Crippen LogP contribution in [-0.2, 0) is 29.2 Å². The van der Waals surface area contributed by atoms with E-state index in [1.807, 2.05) is 0 Å². The normalized spacial score (nSPS) is 12.0. The van der Waals surface area contributed by atoms with Gasteiger partial charge in [0.25, 0.3) is 5.56 Å². The molecule has 0 aliphatic heterocycles. The lowest BCUT2D eigenvalue weighted by atomic mass is 9.95. The number of nitrogens with one attached hydrogen (secondary N) is 2. The van der Waals surface area contributed by atoms with Crippen molar-refractivity contribution in [1.29, 1.82) is 0 Å². The van der Waals surface area contributed by atoms with Crippen molar-refractivity contribution in [2.75, 3.05) is 11.9 Å². The molecule has 2 aromatic carbocycles. The summed E-state index contributed by atoms with van der Waals surface area (Å²) in [4.78, 5) is 37.2. The van der Waals surface area contributed by atoms with Crippen LogP contribution in [0.5, 0.6) is 5.75 Å². The van der Waals surface area contributed by atoms with Gasteiger partial charge in [0.1, 0.15) is 5.75 Å². The Kier molecular flexibility index (Phi) is 8.59. The van der Waals surface area contributed by atoms with E-state index in [4.69, 9.17) is 4.74 Å². The number of anilines is 1. The molecule has 0 unspecified atom stereocenters. The number of halogens is 3. The van der Waals surface area contributed by atoms with Crippen LogP contribution in [0.1, 0.15) is 41.6 Å². The fourth-order valence-corrected chi connectivity index (χ4v) is 3.77. The van der Waals surface area contributed by atoms with E-state index in [-0.39, 0.29) is 30.7 Å². The molecule has 0 aliphatic rings. The molecular formula is C26H26F3N3O5. The van der Waals surface area contributed by atoms with Crippen molar-refractivity contribution in [3.8, 4) is 5.75 Å². The SMILES string of the molecule is CCOC(=O)C[C@H](NC(=O)Nc1c(O)ccn(C)c1=O)c1cccc(Cc2ccccc2C(F)(F)F)c1. The second-order valence-electron chi connectivity index (χ2n) is 8.23. The highest BCUT2D eigenvalue weighted by atomic mass is 19.4. The summed E-state index contributed by atoms with van der Waals surface area (Å²) >= 11 is 0. The lowest BCUT2D eigenvalue weighted by Gasteiger charge is -2.20. The van der Waals surface area contributed by atoms with Gasteiger partial charge in [-0.1, -0.05) is 42.5 Å². The topological polar surface area (TPSA) is 110 Å². The van der Waals surface area contributed by atoms with Crippen LogP contribution >= 0.6 is 0 Å². The zero-order chi connectivity index (χ0) is 27.2. The molecule has 0 saturated carbocycles. The zero-order valence-corrected chi connectivity index (χ0v) is 20.1. The molecule has 3 aromatic rings. The fourth-order valence-electron chi connectivity index (χ4n) is 3.77. The molecule has 0 radical (unpaired) electrons. The highest BCUT2D eigenvalue weighted by molar-refractivity contribution is 5.91. The molecule has 0 aliphatic carbocycles. The average molecular weight is 518 g/mol. The number of urea groups is 1. The number of aromatic hydroxyl groups is 1. The number of rotatable bonds is 8. The van der Waals surface area contributed by atoms with Gasteiger partial charge in [0.05, 0.1) is 24.6 Å². The second-order valence-corrected chi connectivity index (χ2v) is 8.23. The standard InChI is InChI=1S/C26H26F3N3O5/c1-3-37-22(34)15-20(30-25(36)31-23-21(33)11-12-32(2)24(23)35)18-9-6-7-16(14-18)13-17-8-4-5-10-19(17)26(27,28)29/h4-12,14,20,33H,3,13,15H2,1-2H3,(H2,30,31,36)/t20-/m0/s1. The van der Waals surface area contributed by atoms with Crippen molar-refractivity contribution in [3.05, 3.63) is 93.4 Å². The summed E-state index contributed by atoms with van der Waals surface area (Å²) in [5.41, 5.74) is -0.701. The summed E-state index contributed by atoms with van der Waals surface area (Å²) in [6.07, 6.45) is -3.49. The lowest BCUT2D eigenvalue weighted by Crippen LogP contribution is -2.36. The van der Waals surface area contributed by atoms with E-state index in [2.05, 4.69) is 10.6 Å². The number of hydrogen-bond acceptors (Lipinski definition) is 5. The van der Waals surface area contributed by atoms with Gasteiger partial charge in [-0.25, -0.2) is 4.79 Å². The molecule has 3 N–H and O–H groups in total. The molecule has 1 aromatic heterocycles. The summed E-state index contributed by atoms with van der Waals surface area (Å²) in [6, 6.07) is 11.1. The molecule has 1 atom stereocenters. The number of ether oxygens (including phenoxy) is 1. The molecule has 2 amide bonds. The van der Waals surface area contributed by atoms with Crippen LogP contribution in [0, 0.1) is 0 Å². The number of amides is 2. The maximum Gasteiger partial charge on any atom is 0.416 e. The highest BCUT2D eigenvalue weighted by Crippen LogP contribution is 2.33. The maximum atomic E-state index is 13.4. The molecule has 0 fully saturated rings. The Morgan fingerprint density at radius 1 is 1.11 bits per heavy atom. The maximum absolute atomic E-state index is 13.4. The van der Waals surface area contributed by atoms with Gasteiger partial charge in [0.2, 0.25) is 0 Å². The Hall–Kier alpha value is -4.28. The molecular weight excluding hydrogens is 491 g/mol. The molecule has 1 heterocycles. The monoisotopic (exact) mass is 517 g/mol. The van der Waals surface area contributed by atoms with Gasteiger partial charge in [0, 0.05) is 13.2 Å². The largest absolute Gasteiger partial charge is 0.505 e. The van der Waals surface area contributed by atoms with E-state index < -0.39 is 41.1 Å². The molecule has 0 bridgehead atoms. The molecule has 0 spiro atoms. The number of aryl methyl sites for hydroxylation is 1. The van der Waals surface area contributed by atoms with E-state index in [0.717, 1.165) is 10.6 Å². The summed E-state index contributed by atoms with van der Waals surface area (Å²) in [6.45, 7) is 1.74. The lowest BCUT2D eigenvalue weighted by molar-refractivity contribution is -0.143. The number of benzene rings is 2. The number of carbonyl (C=O) groups excluding carboxylic acids is 2. The van der Waals surface area contributed by atoms with Crippen molar-refractivity contribution >= 4 is 17.7 Å². The number of pyridine rings is 1. The molecule has 8 nitrogen and oxygen atoms in total. The Morgan fingerprint density at radius 3 is 2.54 bits per heavy atom. The van der Waals surface area contributed by atoms with Crippen LogP contribution in [0.15, 0.2) is 65.6 Å². The summed E-state index contributed by atoms with van der Waals surface area (Å²) in [5, 5.41) is 14.9. The first-order chi connectivity index (χ1) is 17.5. The van der Waals surface area contributed by atoms with Crippen LogP contribution < -0.4 is 16.2 Å². The van der Waals surface area contributed by atoms with Gasteiger partial charge in [-0.15, -0.1) is 0 Å². The van der Waals surface area contributed by atoms with Crippen LogP contribution in [0.25, 0.3) is 0 Å². The van der Waals surface area contributed by atoms with Crippen molar-refractivity contribution in [2.45, 2.75) is 32.0 Å². The van der Waals surface area contributed by atoms with Gasteiger partial charge in [0.15, 0.2) is 5.69 Å². The van der Waals surface area contributed by atoms with Crippen molar-refractivity contribution in [3.63, 3.8) is 0 Å². The minimum atomic E-state index is -4.51. The van der Waals surface area contributed by atoms with Crippen molar-refractivity contribution in [2.24, 2.45) is 7.05 Å². The number of nitrogens with zero attached hydrogens (tertiary/aromatic N) is 1. The van der Waals surface area contributed by atoms with Crippen LogP contribution in [-0.4, -0.2) is 28.3 Å². The van der Waals surface area contributed by atoms with Gasteiger partial charge in [-0.2, -0.15) is 13.2 Å². The highest BCUT2D eigenvalue weighted by Gasteiger charge is 2.32. The third kappa shape index (κ3) is 7.12. The fraction of sp³-hybridized carbons (Fsp3) is 0.269. The van der Waals surface area contributed by atoms with Gasteiger partial charge in [-0.3, -0.25) is 9.59 Å². The first kappa shape index (κ1) is 27.3. The van der Waals surface area contributed by atoms with E-state index in [0.29, 0.717) is 11.1 Å². The predicted octanol–water partition coefficient (Wildman–Crippen LogP) is 4.52.